The summed E-state index contributed by atoms with van der Waals surface area (Å²) in [5.41, 5.74) is 3.90. The molecule has 0 aliphatic carbocycles. The van der Waals surface area contributed by atoms with Crippen molar-refractivity contribution in [1.29, 1.82) is 0 Å². The van der Waals surface area contributed by atoms with E-state index >= 15 is 0 Å². The molecule has 1 aromatic carbocycles. The zero-order valence-corrected chi connectivity index (χ0v) is 16.3. The Morgan fingerprint density at radius 1 is 1.04 bits per heavy atom. The van der Waals surface area contributed by atoms with Gasteiger partial charge in [0.2, 0.25) is 0 Å². The van der Waals surface area contributed by atoms with Gasteiger partial charge >= 0.3 is 0 Å². The Bertz CT molecular complexity index is 996. The molecule has 0 radical (unpaired) electrons. The summed E-state index contributed by atoms with van der Waals surface area (Å²) in [6.07, 6.45) is 6.28. The van der Waals surface area contributed by atoms with Crippen LogP contribution < -0.4 is 0 Å². The van der Waals surface area contributed by atoms with Gasteiger partial charge in [-0.1, -0.05) is 36.4 Å². The first-order valence-corrected chi connectivity index (χ1v) is 10.2. The number of hydrogen-bond acceptors (Lipinski definition) is 3. The van der Waals surface area contributed by atoms with E-state index in [9.17, 15) is 4.79 Å². The monoisotopic (exact) mass is 374 g/mol. The van der Waals surface area contributed by atoms with Crippen molar-refractivity contribution >= 4 is 11.6 Å². The number of rotatable bonds is 3. The number of pyridine rings is 1. The lowest BCUT2D eigenvalue weighted by Crippen LogP contribution is -2.43. The molecule has 2 atom stereocenters. The molecule has 0 spiro atoms. The third-order valence-electron chi connectivity index (χ3n) is 6.16. The molecular weight excluding hydrogens is 348 g/mol. The number of hydrogen-bond donors (Lipinski definition) is 0. The van der Waals surface area contributed by atoms with E-state index < -0.39 is 0 Å². The summed E-state index contributed by atoms with van der Waals surface area (Å²) >= 11 is 0. The van der Waals surface area contributed by atoms with Gasteiger partial charge in [0.15, 0.2) is 0 Å². The number of nitrogens with zero attached hydrogens (tertiary/aromatic N) is 4. The van der Waals surface area contributed by atoms with E-state index in [0.717, 1.165) is 37.4 Å². The number of aryl methyl sites for hydroxylation is 1. The van der Waals surface area contributed by atoms with Crippen LogP contribution in [0.25, 0.3) is 5.65 Å². The van der Waals surface area contributed by atoms with Gasteiger partial charge in [-0.25, -0.2) is 4.98 Å². The molecule has 28 heavy (non-hydrogen) atoms. The number of carbonyl (C=O) groups is 1. The van der Waals surface area contributed by atoms with E-state index in [2.05, 4.69) is 47.1 Å². The van der Waals surface area contributed by atoms with E-state index in [0.29, 0.717) is 17.7 Å². The summed E-state index contributed by atoms with van der Waals surface area (Å²) in [5.74, 6) is 0.616. The fourth-order valence-corrected chi connectivity index (χ4v) is 4.72. The van der Waals surface area contributed by atoms with Crippen LogP contribution in [0.15, 0.2) is 54.9 Å². The molecule has 5 nitrogen and oxygen atoms in total. The lowest BCUT2D eigenvalue weighted by molar-refractivity contribution is 0.0731. The van der Waals surface area contributed by atoms with Crippen molar-refractivity contribution in [3.8, 4) is 0 Å². The topological polar surface area (TPSA) is 40.9 Å². The Morgan fingerprint density at radius 3 is 2.75 bits per heavy atom. The number of aromatic nitrogens is 2. The summed E-state index contributed by atoms with van der Waals surface area (Å²) in [5, 5.41) is 0. The highest BCUT2D eigenvalue weighted by Crippen LogP contribution is 2.30. The third kappa shape index (κ3) is 3.31. The molecule has 3 fully saturated rings. The van der Waals surface area contributed by atoms with Crippen LogP contribution in [0.1, 0.15) is 34.5 Å². The van der Waals surface area contributed by atoms with Gasteiger partial charge in [0.05, 0.1) is 0 Å². The van der Waals surface area contributed by atoms with Crippen molar-refractivity contribution in [2.75, 3.05) is 19.6 Å². The van der Waals surface area contributed by atoms with Crippen molar-refractivity contribution in [2.45, 2.75) is 32.4 Å². The molecule has 144 valence electrons. The van der Waals surface area contributed by atoms with Gasteiger partial charge in [0.1, 0.15) is 11.3 Å². The minimum Gasteiger partial charge on any atom is -0.335 e. The van der Waals surface area contributed by atoms with Gasteiger partial charge in [-0.2, -0.15) is 0 Å². The van der Waals surface area contributed by atoms with Gasteiger partial charge in [-0.3, -0.25) is 9.69 Å². The molecular formula is C23H26N4O. The summed E-state index contributed by atoms with van der Waals surface area (Å²) in [6.45, 7) is 5.74. The van der Waals surface area contributed by atoms with E-state index in [1.807, 2.05) is 33.8 Å². The minimum absolute atomic E-state index is 0.0693. The van der Waals surface area contributed by atoms with Crippen LogP contribution in [0.4, 0.5) is 0 Å². The lowest BCUT2D eigenvalue weighted by atomic mass is 9.94. The highest BCUT2D eigenvalue weighted by atomic mass is 16.2. The SMILES string of the molecule is Cc1ccc2nc(C(=O)N3C[C@@H]4CC[C@H](C3)N(Cc3ccccc3)C4)cn2c1. The highest BCUT2D eigenvalue weighted by Gasteiger charge is 2.37. The van der Waals surface area contributed by atoms with Crippen molar-refractivity contribution in [1.82, 2.24) is 19.2 Å². The maximum Gasteiger partial charge on any atom is 0.274 e. The molecule has 1 amide bonds. The molecule has 2 aromatic heterocycles. The Morgan fingerprint density at radius 2 is 1.89 bits per heavy atom. The zero-order valence-electron chi connectivity index (χ0n) is 16.3. The second-order valence-corrected chi connectivity index (χ2v) is 8.32. The quantitative estimate of drug-likeness (QED) is 0.706. The normalized spacial score (nSPS) is 22.5. The first-order valence-electron chi connectivity index (χ1n) is 10.2. The maximum absolute atomic E-state index is 13.2. The second-order valence-electron chi connectivity index (χ2n) is 8.32. The van der Waals surface area contributed by atoms with Crippen molar-refractivity contribution < 1.29 is 4.79 Å². The first-order chi connectivity index (χ1) is 13.7. The molecule has 3 saturated heterocycles. The number of fused-ring (bicyclic) bond motifs is 5. The van der Waals surface area contributed by atoms with E-state index in [1.165, 1.54) is 18.4 Å². The maximum atomic E-state index is 13.2. The second kappa shape index (κ2) is 7.06. The molecule has 2 bridgehead atoms. The fourth-order valence-electron chi connectivity index (χ4n) is 4.72. The molecule has 5 heterocycles. The molecule has 3 aliphatic heterocycles. The van der Waals surface area contributed by atoms with Crippen LogP contribution in [0.2, 0.25) is 0 Å². The van der Waals surface area contributed by atoms with Crippen LogP contribution in [-0.4, -0.2) is 50.8 Å². The van der Waals surface area contributed by atoms with E-state index in [-0.39, 0.29) is 5.91 Å². The van der Waals surface area contributed by atoms with Gasteiger partial charge in [0, 0.05) is 44.6 Å². The number of carbonyl (C=O) groups excluding carboxylic acids is 1. The van der Waals surface area contributed by atoms with Gasteiger partial charge in [-0.05, 0) is 42.9 Å². The standard InChI is InChI=1S/C23H26N4O/c1-17-7-10-22-24-21(16-26(22)11-17)23(28)27-14-19-8-9-20(15-27)25(13-19)12-18-5-3-2-4-6-18/h2-7,10-11,16,19-20H,8-9,12-15H2,1H3/t19-,20-/m1/s1. The molecule has 0 saturated carbocycles. The minimum atomic E-state index is 0.0693. The number of imidazole rings is 1. The van der Waals surface area contributed by atoms with Gasteiger partial charge in [-0.15, -0.1) is 0 Å². The lowest BCUT2D eigenvalue weighted by Gasteiger charge is -2.36. The van der Waals surface area contributed by atoms with Crippen molar-refractivity contribution in [3.63, 3.8) is 0 Å². The first kappa shape index (κ1) is 17.4. The van der Waals surface area contributed by atoms with E-state index in [1.54, 1.807) is 0 Å². The molecule has 6 rings (SSSR count). The molecule has 3 aromatic rings. The average molecular weight is 374 g/mol. The fraction of sp³-hybridized carbons (Fsp3) is 0.391. The Balaban J connectivity index is 1.35. The Labute approximate surface area is 165 Å². The number of amides is 1. The molecule has 3 aliphatic rings. The van der Waals surface area contributed by atoms with Crippen LogP contribution in [-0.2, 0) is 6.54 Å². The third-order valence-corrected chi connectivity index (χ3v) is 6.16. The molecule has 5 heteroatoms. The van der Waals surface area contributed by atoms with Crippen LogP contribution in [0, 0.1) is 12.8 Å². The number of piperidine rings is 1. The predicted octanol–water partition coefficient (Wildman–Crippen LogP) is 3.38. The summed E-state index contributed by atoms with van der Waals surface area (Å²) in [7, 11) is 0. The van der Waals surface area contributed by atoms with Crippen molar-refractivity contribution in [2.24, 2.45) is 5.92 Å². The van der Waals surface area contributed by atoms with Gasteiger partial charge < -0.3 is 9.30 Å². The van der Waals surface area contributed by atoms with Crippen LogP contribution in [0.3, 0.4) is 0 Å². The summed E-state index contributed by atoms with van der Waals surface area (Å²) in [6, 6.07) is 15.1. The van der Waals surface area contributed by atoms with Crippen LogP contribution in [0.5, 0.6) is 0 Å². The molecule has 0 unspecified atom stereocenters. The Kier molecular flexibility index (Phi) is 4.40. The van der Waals surface area contributed by atoms with Crippen molar-refractivity contribution in [3.05, 3.63) is 71.7 Å². The summed E-state index contributed by atoms with van der Waals surface area (Å²) in [4.78, 5) is 22.4. The highest BCUT2D eigenvalue weighted by molar-refractivity contribution is 5.93. The zero-order chi connectivity index (χ0) is 19.1. The van der Waals surface area contributed by atoms with Crippen LogP contribution >= 0.6 is 0 Å². The molecule has 0 N–H and O–H groups in total. The predicted molar refractivity (Wildman–Crippen MR) is 109 cm³/mol. The largest absolute Gasteiger partial charge is 0.335 e. The Hall–Kier alpha value is -2.66. The summed E-state index contributed by atoms with van der Waals surface area (Å²) < 4.78 is 1.96. The van der Waals surface area contributed by atoms with Gasteiger partial charge in [0.25, 0.3) is 5.91 Å². The smallest absolute Gasteiger partial charge is 0.274 e. The average Bonchev–Trinajstić information content (AvgIpc) is 2.90. The van der Waals surface area contributed by atoms with E-state index in [4.69, 9.17) is 0 Å². The number of benzene rings is 1.